The van der Waals surface area contributed by atoms with Crippen molar-refractivity contribution in [2.75, 3.05) is 6.61 Å². The SMILES string of the molecule is Cc1ccc2c(c1)C(=O)[C@H](Sc1ccccc1)CO2. The maximum atomic E-state index is 12.5. The van der Waals surface area contributed by atoms with Crippen molar-refractivity contribution in [2.45, 2.75) is 17.1 Å². The largest absolute Gasteiger partial charge is 0.491 e. The summed E-state index contributed by atoms with van der Waals surface area (Å²) in [7, 11) is 0. The molecule has 0 N–H and O–H groups in total. The third-order valence-electron chi connectivity index (χ3n) is 3.10. The van der Waals surface area contributed by atoms with Crippen LogP contribution in [0.4, 0.5) is 0 Å². The van der Waals surface area contributed by atoms with Crippen molar-refractivity contribution in [3.05, 3.63) is 59.7 Å². The number of carbonyl (C=O) groups is 1. The number of rotatable bonds is 2. The van der Waals surface area contributed by atoms with Gasteiger partial charge in [0.2, 0.25) is 0 Å². The standard InChI is InChI=1S/C16H14O2S/c1-11-7-8-14-13(9-11)16(17)15(10-18-14)19-12-5-3-2-4-6-12/h2-9,15H,10H2,1H3/t15-/m1/s1. The fourth-order valence-corrected chi connectivity index (χ4v) is 3.14. The highest BCUT2D eigenvalue weighted by Crippen LogP contribution is 2.33. The van der Waals surface area contributed by atoms with Crippen molar-refractivity contribution < 1.29 is 9.53 Å². The highest BCUT2D eigenvalue weighted by Gasteiger charge is 2.29. The number of ketones is 1. The Morgan fingerprint density at radius 1 is 1.16 bits per heavy atom. The van der Waals surface area contributed by atoms with Gasteiger partial charge in [-0.1, -0.05) is 29.8 Å². The molecule has 1 aliphatic rings. The Kier molecular flexibility index (Phi) is 3.30. The second-order valence-electron chi connectivity index (χ2n) is 4.59. The van der Waals surface area contributed by atoms with E-state index >= 15 is 0 Å². The van der Waals surface area contributed by atoms with E-state index in [4.69, 9.17) is 4.74 Å². The van der Waals surface area contributed by atoms with E-state index in [1.54, 1.807) is 11.8 Å². The number of aryl methyl sites for hydroxylation is 1. The van der Waals surface area contributed by atoms with Gasteiger partial charge in [0.15, 0.2) is 5.78 Å². The molecule has 0 aromatic heterocycles. The van der Waals surface area contributed by atoms with Crippen LogP contribution < -0.4 is 4.74 Å². The summed E-state index contributed by atoms with van der Waals surface area (Å²) in [6.07, 6.45) is 0. The second-order valence-corrected chi connectivity index (χ2v) is 5.87. The molecule has 0 saturated heterocycles. The zero-order chi connectivity index (χ0) is 13.2. The summed E-state index contributed by atoms with van der Waals surface area (Å²) in [6.45, 7) is 2.43. The molecular weight excluding hydrogens is 256 g/mol. The molecule has 0 amide bonds. The van der Waals surface area contributed by atoms with Gasteiger partial charge in [0.1, 0.15) is 17.6 Å². The lowest BCUT2D eigenvalue weighted by Gasteiger charge is -2.24. The fourth-order valence-electron chi connectivity index (χ4n) is 2.13. The molecule has 0 bridgehead atoms. The maximum absolute atomic E-state index is 12.5. The van der Waals surface area contributed by atoms with E-state index in [-0.39, 0.29) is 11.0 Å². The molecule has 0 fully saturated rings. The molecule has 0 spiro atoms. The van der Waals surface area contributed by atoms with Crippen LogP contribution in [0.5, 0.6) is 5.75 Å². The van der Waals surface area contributed by atoms with E-state index < -0.39 is 0 Å². The quantitative estimate of drug-likeness (QED) is 0.831. The molecule has 19 heavy (non-hydrogen) atoms. The Hall–Kier alpha value is -1.74. The molecule has 2 aromatic rings. The predicted molar refractivity (Wildman–Crippen MR) is 77.1 cm³/mol. The second kappa shape index (κ2) is 5.10. The van der Waals surface area contributed by atoms with Crippen molar-refractivity contribution >= 4 is 17.5 Å². The Labute approximate surface area is 116 Å². The number of thioether (sulfide) groups is 1. The third-order valence-corrected chi connectivity index (χ3v) is 4.28. The van der Waals surface area contributed by atoms with Crippen LogP contribution in [0.15, 0.2) is 53.4 Å². The number of Topliss-reactive ketones (excluding diaryl/α,β-unsaturated/α-hetero) is 1. The van der Waals surface area contributed by atoms with Gasteiger partial charge in [-0.05, 0) is 31.2 Å². The van der Waals surface area contributed by atoms with Crippen molar-refractivity contribution in [3.63, 3.8) is 0 Å². The summed E-state index contributed by atoms with van der Waals surface area (Å²) < 4.78 is 5.69. The molecule has 2 nitrogen and oxygen atoms in total. The lowest BCUT2D eigenvalue weighted by atomic mass is 10.0. The lowest BCUT2D eigenvalue weighted by Crippen LogP contribution is -2.30. The van der Waals surface area contributed by atoms with E-state index in [0.29, 0.717) is 17.9 Å². The number of carbonyl (C=O) groups excluding carboxylic acids is 1. The van der Waals surface area contributed by atoms with Gasteiger partial charge in [-0.15, -0.1) is 11.8 Å². The minimum Gasteiger partial charge on any atom is -0.491 e. The maximum Gasteiger partial charge on any atom is 0.183 e. The van der Waals surface area contributed by atoms with Gasteiger partial charge >= 0.3 is 0 Å². The molecule has 3 heteroatoms. The average molecular weight is 270 g/mol. The summed E-state index contributed by atoms with van der Waals surface area (Å²) >= 11 is 1.57. The van der Waals surface area contributed by atoms with Crippen LogP contribution in [-0.4, -0.2) is 17.6 Å². The van der Waals surface area contributed by atoms with Crippen LogP contribution >= 0.6 is 11.8 Å². The first-order valence-electron chi connectivity index (χ1n) is 6.23. The molecular formula is C16H14O2S. The van der Waals surface area contributed by atoms with Gasteiger partial charge in [-0.2, -0.15) is 0 Å². The Balaban J connectivity index is 1.85. The number of fused-ring (bicyclic) bond motifs is 1. The minimum atomic E-state index is -0.156. The van der Waals surface area contributed by atoms with E-state index in [2.05, 4.69) is 0 Å². The predicted octanol–water partition coefficient (Wildman–Crippen LogP) is 3.73. The minimum absolute atomic E-state index is 0.156. The van der Waals surface area contributed by atoms with Crippen LogP contribution in [0.3, 0.4) is 0 Å². The summed E-state index contributed by atoms with van der Waals surface area (Å²) in [6, 6.07) is 15.7. The zero-order valence-corrected chi connectivity index (χ0v) is 11.4. The first-order valence-corrected chi connectivity index (χ1v) is 7.11. The first-order chi connectivity index (χ1) is 9.24. The smallest absolute Gasteiger partial charge is 0.183 e. The molecule has 2 aromatic carbocycles. The monoisotopic (exact) mass is 270 g/mol. The Bertz CT molecular complexity index is 607. The van der Waals surface area contributed by atoms with Gasteiger partial charge in [0.05, 0.1) is 5.56 Å². The van der Waals surface area contributed by atoms with Crippen LogP contribution in [0.1, 0.15) is 15.9 Å². The van der Waals surface area contributed by atoms with Crippen LogP contribution in [-0.2, 0) is 0 Å². The van der Waals surface area contributed by atoms with E-state index in [9.17, 15) is 4.79 Å². The van der Waals surface area contributed by atoms with E-state index in [0.717, 1.165) is 10.5 Å². The van der Waals surface area contributed by atoms with Crippen LogP contribution in [0.2, 0.25) is 0 Å². The first kappa shape index (κ1) is 12.3. The Morgan fingerprint density at radius 2 is 1.95 bits per heavy atom. The number of hydrogen-bond acceptors (Lipinski definition) is 3. The zero-order valence-electron chi connectivity index (χ0n) is 10.6. The molecule has 0 radical (unpaired) electrons. The molecule has 3 rings (SSSR count). The van der Waals surface area contributed by atoms with E-state index in [1.165, 1.54) is 0 Å². The topological polar surface area (TPSA) is 26.3 Å². The number of ether oxygens (including phenoxy) is 1. The van der Waals surface area contributed by atoms with Gasteiger partial charge in [0, 0.05) is 4.90 Å². The highest BCUT2D eigenvalue weighted by molar-refractivity contribution is 8.00. The summed E-state index contributed by atoms with van der Waals surface area (Å²) in [5.74, 6) is 0.874. The van der Waals surface area contributed by atoms with Crippen molar-refractivity contribution in [1.82, 2.24) is 0 Å². The summed E-state index contributed by atoms with van der Waals surface area (Å²) in [4.78, 5) is 13.6. The van der Waals surface area contributed by atoms with Crippen LogP contribution in [0, 0.1) is 6.92 Å². The third kappa shape index (κ3) is 2.51. The summed E-state index contributed by atoms with van der Waals surface area (Å²) in [5.41, 5.74) is 1.79. The molecule has 1 atom stereocenters. The number of hydrogen-bond donors (Lipinski definition) is 0. The van der Waals surface area contributed by atoms with Crippen molar-refractivity contribution in [2.24, 2.45) is 0 Å². The Morgan fingerprint density at radius 3 is 2.74 bits per heavy atom. The van der Waals surface area contributed by atoms with Crippen molar-refractivity contribution in [3.8, 4) is 5.75 Å². The molecule has 1 aliphatic heterocycles. The van der Waals surface area contributed by atoms with Crippen molar-refractivity contribution in [1.29, 1.82) is 0 Å². The van der Waals surface area contributed by atoms with Gasteiger partial charge in [-0.25, -0.2) is 0 Å². The molecule has 0 aliphatic carbocycles. The number of benzene rings is 2. The molecule has 0 saturated carbocycles. The van der Waals surface area contributed by atoms with Crippen LogP contribution in [0.25, 0.3) is 0 Å². The summed E-state index contributed by atoms with van der Waals surface area (Å²) in [5, 5.41) is -0.156. The average Bonchev–Trinajstić information content (AvgIpc) is 2.44. The molecule has 96 valence electrons. The fraction of sp³-hybridized carbons (Fsp3) is 0.188. The highest BCUT2D eigenvalue weighted by atomic mass is 32.2. The normalized spacial score (nSPS) is 17.7. The van der Waals surface area contributed by atoms with Gasteiger partial charge in [-0.3, -0.25) is 4.79 Å². The van der Waals surface area contributed by atoms with Gasteiger partial charge < -0.3 is 4.74 Å². The molecule has 0 unspecified atom stereocenters. The molecule has 1 heterocycles. The van der Waals surface area contributed by atoms with E-state index in [1.807, 2.05) is 55.5 Å². The van der Waals surface area contributed by atoms with Gasteiger partial charge in [0.25, 0.3) is 0 Å². The lowest BCUT2D eigenvalue weighted by molar-refractivity contribution is 0.0943.